The van der Waals surface area contributed by atoms with Crippen LogP contribution >= 0.6 is 0 Å². The van der Waals surface area contributed by atoms with E-state index in [1.54, 1.807) is 18.2 Å². The monoisotopic (exact) mass is 279 g/mol. The third kappa shape index (κ3) is 4.24. The van der Waals surface area contributed by atoms with Crippen LogP contribution in [0.1, 0.15) is 20.3 Å². The number of nitrogens with one attached hydrogen (secondary N) is 2. The van der Waals surface area contributed by atoms with Crippen LogP contribution in [0.5, 0.6) is 5.75 Å². The molecule has 1 aromatic carbocycles. The second-order valence-electron chi connectivity index (χ2n) is 4.43. The van der Waals surface area contributed by atoms with Crippen LogP contribution in [0.4, 0.5) is 11.4 Å². The molecule has 0 fully saturated rings. The normalized spacial score (nSPS) is 11.6. The minimum absolute atomic E-state index is 0.159. The van der Waals surface area contributed by atoms with Crippen LogP contribution in [0.3, 0.4) is 0 Å². The second kappa shape index (κ2) is 7.49. The van der Waals surface area contributed by atoms with E-state index in [2.05, 4.69) is 10.6 Å². The smallest absolute Gasteiger partial charge is 0.228 e. The van der Waals surface area contributed by atoms with Gasteiger partial charge in [-0.15, -0.1) is 0 Å². The van der Waals surface area contributed by atoms with Crippen LogP contribution in [0.2, 0.25) is 0 Å². The molecule has 20 heavy (non-hydrogen) atoms. The molecular formula is C14H21N3O3. The van der Waals surface area contributed by atoms with E-state index in [1.807, 2.05) is 6.92 Å². The van der Waals surface area contributed by atoms with Crippen molar-refractivity contribution >= 4 is 23.2 Å². The third-order valence-corrected chi connectivity index (χ3v) is 2.93. The first kappa shape index (κ1) is 16.0. The zero-order valence-electron chi connectivity index (χ0n) is 12.0. The first-order valence-corrected chi connectivity index (χ1v) is 6.48. The molecule has 0 spiro atoms. The molecule has 1 aromatic rings. The van der Waals surface area contributed by atoms with Gasteiger partial charge in [0.15, 0.2) is 0 Å². The number of hydrogen-bond donors (Lipinski definition) is 3. The van der Waals surface area contributed by atoms with E-state index >= 15 is 0 Å². The van der Waals surface area contributed by atoms with Gasteiger partial charge in [0.25, 0.3) is 0 Å². The van der Waals surface area contributed by atoms with E-state index in [-0.39, 0.29) is 24.3 Å². The van der Waals surface area contributed by atoms with E-state index in [0.29, 0.717) is 23.5 Å². The Hall–Kier alpha value is -2.08. The second-order valence-corrected chi connectivity index (χ2v) is 4.43. The molecule has 0 saturated heterocycles. The van der Waals surface area contributed by atoms with Gasteiger partial charge < -0.3 is 21.1 Å². The van der Waals surface area contributed by atoms with E-state index in [1.165, 1.54) is 14.0 Å². The van der Waals surface area contributed by atoms with Crippen molar-refractivity contribution in [3.63, 3.8) is 0 Å². The molecule has 0 aromatic heterocycles. The largest absolute Gasteiger partial charge is 0.495 e. The van der Waals surface area contributed by atoms with Gasteiger partial charge in [0, 0.05) is 19.2 Å². The average Bonchev–Trinajstić information content (AvgIpc) is 2.39. The summed E-state index contributed by atoms with van der Waals surface area (Å²) < 4.78 is 5.19. The number of hydrogen-bond acceptors (Lipinski definition) is 4. The number of nitrogens with two attached hydrogens (primary N) is 1. The van der Waals surface area contributed by atoms with Gasteiger partial charge in [-0.1, -0.05) is 6.92 Å². The summed E-state index contributed by atoms with van der Waals surface area (Å²) in [6, 6.07) is 5.04. The molecule has 2 amide bonds. The summed E-state index contributed by atoms with van der Waals surface area (Å²) >= 11 is 0. The SMILES string of the molecule is CCC(CN)C(=O)Nc1cc(NC(C)=O)ccc1OC. The topological polar surface area (TPSA) is 93.5 Å². The van der Waals surface area contributed by atoms with Crippen molar-refractivity contribution < 1.29 is 14.3 Å². The number of ether oxygens (including phenoxy) is 1. The zero-order valence-corrected chi connectivity index (χ0v) is 12.0. The van der Waals surface area contributed by atoms with Gasteiger partial charge in [-0.3, -0.25) is 9.59 Å². The predicted octanol–water partition coefficient (Wildman–Crippen LogP) is 1.58. The lowest BCUT2D eigenvalue weighted by Crippen LogP contribution is -2.28. The number of carbonyl (C=O) groups excluding carboxylic acids is 2. The highest BCUT2D eigenvalue weighted by atomic mass is 16.5. The molecule has 1 rings (SSSR count). The molecule has 6 nitrogen and oxygen atoms in total. The Labute approximate surface area is 118 Å². The maximum atomic E-state index is 12.0. The van der Waals surface area contributed by atoms with Crippen LogP contribution in [0.15, 0.2) is 18.2 Å². The Kier molecular flexibility index (Phi) is 5.99. The van der Waals surface area contributed by atoms with E-state index in [9.17, 15) is 9.59 Å². The van der Waals surface area contributed by atoms with Gasteiger partial charge in [0.1, 0.15) is 5.75 Å². The molecule has 0 radical (unpaired) electrons. The summed E-state index contributed by atoms with van der Waals surface area (Å²) in [5, 5.41) is 5.44. The van der Waals surface area contributed by atoms with E-state index in [0.717, 1.165) is 0 Å². The van der Waals surface area contributed by atoms with Gasteiger partial charge in [0.05, 0.1) is 18.7 Å². The molecule has 0 heterocycles. The molecule has 4 N–H and O–H groups in total. The first-order chi connectivity index (χ1) is 9.51. The number of rotatable bonds is 6. The number of methoxy groups -OCH3 is 1. The van der Waals surface area contributed by atoms with Crippen molar-refractivity contribution in [2.45, 2.75) is 20.3 Å². The molecule has 110 valence electrons. The molecule has 0 aliphatic rings. The van der Waals surface area contributed by atoms with Crippen molar-refractivity contribution in [3.05, 3.63) is 18.2 Å². The van der Waals surface area contributed by atoms with Gasteiger partial charge in [0.2, 0.25) is 11.8 Å². The molecule has 1 atom stereocenters. The standard InChI is InChI=1S/C14H21N3O3/c1-4-10(8-15)14(19)17-12-7-11(16-9(2)18)5-6-13(12)20-3/h5-7,10H,4,8,15H2,1-3H3,(H,16,18)(H,17,19). The molecule has 0 aliphatic heterocycles. The van der Waals surface area contributed by atoms with Crippen LogP contribution in [-0.4, -0.2) is 25.5 Å². The summed E-state index contributed by atoms with van der Waals surface area (Å²) in [5.74, 6) is -0.0578. The first-order valence-electron chi connectivity index (χ1n) is 6.48. The fourth-order valence-electron chi connectivity index (χ4n) is 1.78. The predicted molar refractivity (Wildman–Crippen MR) is 78.8 cm³/mol. The van der Waals surface area contributed by atoms with Gasteiger partial charge >= 0.3 is 0 Å². The lowest BCUT2D eigenvalue weighted by molar-refractivity contribution is -0.119. The highest BCUT2D eigenvalue weighted by Gasteiger charge is 2.16. The van der Waals surface area contributed by atoms with Gasteiger partial charge in [-0.25, -0.2) is 0 Å². The van der Waals surface area contributed by atoms with Crippen molar-refractivity contribution in [3.8, 4) is 5.75 Å². The molecule has 6 heteroatoms. The fraction of sp³-hybridized carbons (Fsp3) is 0.429. The Morgan fingerprint density at radius 3 is 2.55 bits per heavy atom. The quantitative estimate of drug-likeness (QED) is 0.737. The molecule has 0 bridgehead atoms. The van der Waals surface area contributed by atoms with Crippen LogP contribution < -0.4 is 21.1 Å². The molecular weight excluding hydrogens is 258 g/mol. The number of carbonyl (C=O) groups is 2. The van der Waals surface area contributed by atoms with Crippen molar-refractivity contribution in [1.29, 1.82) is 0 Å². The summed E-state index contributed by atoms with van der Waals surface area (Å²) in [6.45, 7) is 3.61. The van der Waals surface area contributed by atoms with Crippen LogP contribution in [0.25, 0.3) is 0 Å². The number of amides is 2. The number of benzene rings is 1. The van der Waals surface area contributed by atoms with Crippen LogP contribution in [-0.2, 0) is 9.59 Å². The van der Waals surface area contributed by atoms with E-state index in [4.69, 9.17) is 10.5 Å². The summed E-state index contributed by atoms with van der Waals surface area (Å²) in [7, 11) is 1.52. The van der Waals surface area contributed by atoms with Crippen LogP contribution in [0, 0.1) is 5.92 Å². The minimum Gasteiger partial charge on any atom is -0.495 e. The maximum absolute atomic E-state index is 12.0. The lowest BCUT2D eigenvalue weighted by Gasteiger charge is -2.16. The molecule has 0 saturated carbocycles. The minimum atomic E-state index is -0.246. The van der Waals surface area contributed by atoms with E-state index < -0.39 is 0 Å². The van der Waals surface area contributed by atoms with Crippen molar-refractivity contribution in [2.24, 2.45) is 11.7 Å². The average molecular weight is 279 g/mol. The maximum Gasteiger partial charge on any atom is 0.228 e. The Bertz CT molecular complexity index is 485. The van der Waals surface area contributed by atoms with Crippen molar-refractivity contribution in [1.82, 2.24) is 0 Å². The highest BCUT2D eigenvalue weighted by molar-refractivity contribution is 5.96. The van der Waals surface area contributed by atoms with Gasteiger partial charge in [-0.05, 0) is 24.6 Å². The Balaban J connectivity index is 2.96. The summed E-state index contributed by atoms with van der Waals surface area (Å²) in [4.78, 5) is 23.1. The highest BCUT2D eigenvalue weighted by Crippen LogP contribution is 2.28. The summed E-state index contributed by atoms with van der Waals surface area (Å²) in [6.07, 6.45) is 0.663. The molecule has 1 unspecified atom stereocenters. The lowest BCUT2D eigenvalue weighted by atomic mass is 10.1. The Morgan fingerprint density at radius 2 is 2.05 bits per heavy atom. The molecule has 0 aliphatic carbocycles. The summed E-state index contributed by atoms with van der Waals surface area (Å²) in [5.41, 5.74) is 6.66. The zero-order chi connectivity index (χ0) is 15.1. The third-order valence-electron chi connectivity index (χ3n) is 2.93. The van der Waals surface area contributed by atoms with Crippen molar-refractivity contribution in [2.75, 3.05) is 24.3 Å². The fourth-order valence-corrected chi connectivity index (χ4v) is 1.78. The Morgan fingerprint density at radius 1 is 1.35 bits per heavy atom. The number of anilines is 2. The van der Waals surface area contributed by atoms with Gasteiger partial charge in [-0.2, -0.15) is 0 Å².